The molecule has 2 aromatic carbocycles. The van der Waals surface area contributed by atoms with Crippen molar-refractivity contribution in [3.05, 3.63) is 71.8 Å². The lowest BCUT2D eigenvalue weighted by atomic mass is 9.91. The van der Waals surface area contributed by atoms with E-state index < -0.39 is 0 Å². The average molecular weight is 563 g/mol. The van der Waals surface area contributed by atoms with E-state index in [1.54, 1.807) is 0 Å². The van der Waals surface area contributed by atoms with Crippen LogP contribution in [0.2, 0.25) is 0 Å². The molecule has 2 unspecified atom stereocenters. The smallest absolute Gasteiger partial charge is 0.0507 e. The minimum Gasteiger partial charge on any atom is -0.315 e. The predicted molar refractivity (Wildman–Crippen MR) is 179 cm³/mol. The van der Waals surface area contributed by atoms with Crippen molar-refractivity contribution in [2.45, 2.75) is 97.4 Å². The van der Waals surface area contributed by atoms with Crippen LogP contribution in [0.4, 0.5) is 0 Å². The molecule has 4 heteroatoms. The van der Waals surface area contributed by atoms with Gasteiger partial charge in [0.1, 0.15) is 0 Å². The average Bonchev–Trinajstić information content (AvgIpc) is 2.99. The largest absolute Gasteiger partial charge is 0.315 e. The van der Waals surface area contributed by atoms with Crippen LogP contribution < -0.4 is 10.6 Å². The molecule has 0 aromatic heterocycles. The Morgan fingerprint density at radius 3 is 1.63 bits per heavy atom. The third kappa shape index (κ3) is 11.8. The topological polar surface area (TPSA) is 30.5 Å². The van der Waals surface area contributed by atoms with E-state index in [0.29, 0.717) is 5.92 Å². The second-order valence-corrected chi connectivity index (χ2v) is 13.1. The molecule has 0 radical (unpaired) electrons. The molecule has 41 heavy (non-hydrogen) atoms. The molecule has 1 aliphatic rings. The van der Waals surface area contributed by atoms with Crippen LogP contribution >= 0.6 is 0 Å². The van der Waals surface area contributed by atoms with Gasteiger partial charge in [0.05, 0.1) is 6.67 Å². The van der Waals surface area contributed by atoms with E-state index in [4.69, 9.17) is 0 Å². The van der Waals surface area contributed by atoms with E-state index in [2.05, 4.69) is 116 Å². The Hall–Kier alpha value is -1.72. The first-order valence-corrected chi connectivity index (χ1v) is 17.0. The number of benzene rings is 2. The third-order valence-corrected chi connectivity index (χ3v) is 9.27. The molecule has 0 saturated carbocycles. The summed E-state index contributed by atoms with van der Waals surface area (Å²) in [5, 5.41) is 7.84. The summed E-state index contributed by atoms with van der Waals surface area (Å²) < 4.78 is 0. The Kier molecular flexibility index (Phi) is 15.4. The summed E-state index contributed by atoms with van der Waals surface area (Å²) in [7, 11) is 0. The van der Waals surface area contributed by atoms with E-state index in [1.807, 2.05) is 0 Å². The fourth-order valence-electron chi connectivity index (χ4n) is 6.84. The van der Waals surface area contributed by atoms with Crippen molar-refractivity contribution in [1.82, 2.24) is 20.4 Å². The van der Waals surface area contributed by atoms with Crippen molar-refractivity contribution < 1.29 is 0 Å². The molecule has 2 aromatic rings. The van der Waals surface area contributed by atoms with Gasteiger partial charge in [-0.05, 0) is 42.7 Å². The van der Waals surface area contributed by atoms with E-state index >= 15 is 0 Å². The molecule has 0 spiro atoms. The van der Waals surface area contributed by atoms with Gasteiger partial charge in [-0.25, -0.2) is 0 Å². The molecule has 2 atom stereocenters. The molecule has 0 bridgehead atoms. The maximum absolute atomic E-state index is 4.03. The van der Waals surface area contributed by atoms with Crippen LogP contribution in [0.5, 0.6) is 0 Å². The Labute approximate surface area is 253 Å². The van der Waals surface area contributed by atoms with Gasteiger partial charge in [0.2, 0.25) is 0 Å². The van der Waals surface area contributed by atoms with Gasteiger partial charge in [0.15, 0.2) is 0 Å². The summed E-state index contributed by atoms with van der Waals surface area (Å²) in [6, 6.07) is 21.9. The summed E-state index contributed by atoms with van der Waals surface area (Å²) in [6.45, 7) is 20.7. The molecule has 1 fully saturated rings. The summed E-state index contributed by atoms with van der Waals surface area (Å²) in [4.78, 5) is 5.56. The number of hydrogen-bond donors (Lipinski definition) is 2. The van der Waals surface area contributed by atoms with E-state index in [-0.39, 0.29) is 5.54 Å². The molecule has 2 N–H and O–H groups in total. The quantitative estimate of drug-likeness (QED) is 0.161. The van der Waals surface area contributed by atoms with Gasteiger partial charge >= 0.3 is 0 Å². The summed E-state index contributed by atoms with van der Waals surface area (Å²) >= 11 is 0. The maximum Gasteiger partial charge on any atom is 0.0507 e. The second-order valence-electron chi connectivity index (χ2n) is 13.1. The maximum atomic E-state index is 4.03. The third-order valence-electron chi connectivity index (χ3n) is 9.27. The van der Waals surface area contributed by atoms with Crippen molar-refractivity contribution in [3.8, 4) is 0 Å². The normalized spacial score (nSPS) is 20.0. The highest BCUT2D eigenvalue weighted by Crippen LogP contribution is 2.25. The zero-order valence-electron chi connectivity index (χ0n) is 27.2. The molecular weight excluding hydrogens is 500 g/mol. The summed E-state index contributed by atoms with van der Waals surface area (Å²) in [5.41, 5.74) is 2.88. The van der Waals surface area contributed by atoms with Crippen LogP contribution in [0.1, 0.15) is 103 Å². The van der Waals surface area contributed by atoms with Crippen LogP contribution in [0.3, 0.4) is 0 Å². The van der Waals surface area contributed by atoms with E-state index in [9.17, 15) is 0 Å². The first-order valence-electron chi connectivity index (χ1n) is 17.0. The van der Waals surface area contributed by atoms with Crippen LogP contribution in [0.15, 0.2) is 60.7 Å². The fraction of sp³-hybridized carbons (Fsp3) is 0.676. The van der Waals surface area contributed by atoms with Crippen molar-refractivity contribution in [2.75, 3.05) is 52.5 Å². The highest BCUT2D eigenvalue weighted by atomic mass is 15.4. The first kappa shape index (κ1) is 33.8. The zero-order chi connectivity index (χ0) is 29.3. The molecule has 3 rings (SSSR count). The van der Waals surface area contributed by atoms with Crippen LogP contribution in [-0.2, 0) is 0 Å². The molecule has 1 heterocycles. The summed E-state index contributed by atoms with van der Waals surface area (Å²) in [6.07, 6.45) is 10.7. The lowest BCUT2D eigenvalue weighted by Crippen LogP contribution is -2.65. The van der Waals surface area contributed by atoms with E-state index in [0.717, 1.165) is 51.2 Å². The standard InChI is InChI=1S/C37H62N4/c1-6-10-18-32(8-3)27-40-29-37(5,30-41(31-40)28-33(9-4)19-11-7-2)39-25-24-38-26-36(34-20-14-12-15-21-34)35-22-16-13-17-23-35/h12-17,20-23,32-33,36,38-39H,6-11,18-19,24-31H2,1-5H3. The summed E-state index contributed by atoms with van der Waals surface area (Å²) in [5.74, 6) is 2.00. The first-order chi connectivity index (χ1) is 20.0. The molecule has 1 saturated heterocycles. The Balaban J connectivity index is 1.59. The van der Waals surface area contributed by atoms with Gasteiger partial charge in [0, 0.05) is 57.3 Å². The van der Waals surface area contributed by atoms with Crippen molar-refractivity contribution in [1.29, 1.82) is 0 Å². The monoisotopic (exact) mass is 562 g/mol. The minimum atomic E-state index is 0.115. The Bertz CT molecular complexity index is 852. The lowest BCUT2D eigenvalue weighted by molar-refractivity contribution is 0.00520. The Morgan fingerprint density at radius 2 is 1.20 bits per heavy atom. The van der Waals surface area contributed by atoms with Crippen LogP contribution in [0.25, 0.3) is 0 Å². The highest BCUT2D eigenvalue weighted by Gasteiger charge is 2.35. The number of nitrogens with one attached hydrogen (secondary N) is 2. The van der Waals surface area contributed by atoms with Gasteiger partial charge in [-0.3, -0.25) is 9.80 Å². The SMILES string of the molecule is CCCCC(CC)CN1CN(CC(CC)CCCC)CC(C)(NCCNCC(c2ccccc2)c2ccccc2)C1. The van der Waals surface area contributed by atoms with Crippen molar-refractivity contribution in [3.63, 3.8) is 0 Å². The molecule has 0 aliphatic carbocycles. The van der Waals surface area contributed by atoms with Crippen molar-refractivity contribution >= 4 is 0 Å². The number of unbranched alkanes of at least 4 members (excludes halogenated alkanes) is 2. The lowest BCUT2D eigenvalue weighted by Gasteiger charge is -2.48. The van der Waals surface area contributed by atoms with Gasteiger partial charge in [-0.1, -0.05) is 127 Å². The highest BCUT2D eigenvalue weighted by molar-refractivity contribution is 5.32. The van der Waals surface area contributed by atoms with Gasteiger partial charge < -0.3 is 10.6 Å². The molecule has 230 valence electrons. The molecular formula is C37H62N4. The zero-order valence-corrected chi connectivity index (χ0v) is 27.2. The number of rotatable bonds is 20. The van der Waals surface area contributed by atoms with Crippen molar-refractivity contribution in [2.24, 2.45) is 11.8 Å². The Morgan fingerprint density at radius 1 is 0.707 bits per heavy atom. The molecule has 4 nitrogen and oxygen atoms in total. The molecule has 1 aliphatic heterocycles. The van der Waals surface area contributed by atoms with Crippen LogP contribution in [0, 0.1) is 11.8 Å². The van der Waals surface area contributed by atoms with Gasteiger partial charge in [0.25, 0.3) is 0 Å². The predicted octanol–water partition coefficient (Wildman–Crippen LogP) is 7.76. The van der Waals surface area contributed by atoms with Crippen LogP contribution in [-0.4, -0.2) is 67.8 Å². The fourth-order valence-corrected chi connectivity index (χ4v) is 6.84. The van der Waals surface area contributed by atoms with Gasteiger partial charge in [-0.15, -0.1) is 0 Å². The molecule has 0 amide bonds. The number of hydrogen-bond acceptors (Lipinski definition) is 4. The minimum absolute atomic E-state index is 0.115. The van der Waals surface area contributed by atoms with Gasteiger partial charge in [-0.2, -0.15) is 0 Å². The second kappa shape index (κ2) is 18.7. The number of nitrogens with zero attached hydrogens (tertiary/aromatic N) is 2. The van der Waals surface area contributed by atoms with E-state index in [1.165, 1.54) is 75.6 Å².